The number of carboxylic acids is 1. The lowest BCUT2D eigenvalue weighted by Crippen LogP contribution is -2.02. The average Bonchev–Trinajstić information content (AvgIpc) is 3.04. The summed E-state index contributed by atoms with van der Waals surface area (Å²) in [6.07, 6.45) is 2.51. The molecule has 0 radical (unpaired) electrons. The standard InChI is InChI=1S/C15H15N3O3/c1-3-10-7-16-13(21-10)8-18-9(2)17-14-11(15(19)20)5-4-6-12(14)18/h4-7H,3,8H2,1-2H3,(H,19,20). The van der Waals surface area contributed by atoms with Crippen LogP contribution in [0.1, 0.15) is 34.8 Å². The van der Waals surface area contributed by atoms with Crippen molar-refractivity contribution < 1.29 is 14.3 Å². The second-order valence-corrected chi connectivity index (χ2v) is 4.80. The van der Waals surface area contributed by atoms with E-state index >= 15 is 0 Å². The van der Waals surface area contributed by atoms with Crippen molar-refractivity contribution in [1.82, 2.24) is 14.5 Å². The number of fused-ring (bicyclic) bond motifs is 1. The first-order chi connectivity index (χ1) is 10.1. The fourth-order valence-corrected chi connectivity index (χ4v) is 2.36. The average molecular weight is 285 g/mol. The molecule has 0 amide bonds. The van der Waals surface area contributed by atoms with Gasteiger partial charge in [-0.05, 0) is 19.1 Å². The number of rotatable bonds is 4. The molecule has 0 aliphatic carbocycles. The van der Waals surface area contributed by atoms with Gasteiger partial charge in [-0.2, -0.15) is 0 Å². The van der Waals surface area contributed by atoms with E-state index in [0.29, 0.717) is 18.0 Å². The van der Waals surface area contributed by atoms with E-state index in [9.17, 15) is 9.90 Å². The Kier molecular flexibility index (Phi) is 3.21. The Balaban J connectivity index is 2.08. The minimum atomic E-state index is -0.977. The Morgan fingerprint density at radius 2 is 2.24 bits per heavy atom. The molecule has 0 unspecified atom stereocenters. The van der Waals surface area contributed by atoms with Crippen molar-refractivity contribution in [3.05, 3.63) is 47.4 Å². The van der Waals surface area contributed by atoms with E-state index < -0.39 is 5.97 Å². The van der Waals surface area contributed by atoms with Crippen LogP contribution < -0.4 is 0 Å². The molecule has 2 heterocycles. The summed E-state index contributed by atoms with van der Waals surface area (Å²) >= 11 is 0. The van der Waals surface area contributed by atoms with Gasteiger partial charge in [-0.25, -0.2) is 14.8 Å². The third-order valence-electron chi connectivity index (χ3n) is 3.44. The Morgan fingerprint density at radius 3 is 2.90 bits per heavy atom. The number of oxazole rings is 1. The third-order valence-corrected chi connectivity index (χ3v) is 3.44. The predicted molar refractivity (Wildman–Crippen MR) is 76.4 cm³/mol. The van der Waals surface area contributed by atoms with Gasteiger partial charge in [0.2, 0.25) is 5.89 Å². The van der Waals surface area contributed by atoms with Gasteiger partial charge in [-0.15, -0.1) is 0 Å². The highest BCUT2D eigenvalue weighted by atomic mass is 16.4. The summed E-state index contributed by atoms with van der Waals surface area (Å²) in [6, 6.07) is 5.13. The monoisotopic (exact) mass is 285 g/mol. The molecule has 3 rings (SSSR count). The third kappa shape index (κ3) is 2.29. The maximum atomic E-state index is 11.3. The normalized spacial score (nSPS) is 11.1. The first-order valence-corrected chi connectivity index (χ1v) is 6.73. The zero-order valence-electron chi connectivity index (χ0n) is 11.8. The van der Waals surface area contributed by atoms with Crippen LogP contribution in [0.15, 0.2) is 28.8 Å². The molecule has 2 aromatic heterocycles. The molecule has 0 spiro atoms. The van der Waals surface area contributed by atoms with Crippen LogP contribution in [0.25, 0.3) is 11.0 Å². The number of para-hydroxylation sites is 1. The van der Waals surface area contributed by atoms with Crippen LogP contribution in [0.2, 0.25) is 0 Å². The summed E-state index contributed by atoms with van der Waals surface area (Å²) in [5.41, 5.74) is 1.46. The highest BCUT2D eigenvalue weighted by Gasteiger charge is 2.16. The van der Waals surface area contributed by atoms with Crippen LogP contribution in [0.3, 0.4) is 0 Å². The molecule has 3 aromatic rings. The van der Waals surface area contributed by atoms with E-state index in [1.54, 1.807) is 18.3 Å². The lowest BCUT2D eigenvalue weighted by atomic mass is 10.2. The van der Waals surface area contributed by atoms with E-state index in [0.717, 1.165) is 23.5 Å². The number of hydrogen-bond donors (Lipinski definition) is 1. The largest absolute Gasteiger partial charge is 0.478 e. The Bertz CT molecular complexity index is 817. The first-order valence-electron chi connectivity index (χ1n) is 6.73. The number of carboxylic acid groups (broad SMARTS) is 1. The molecular weight excluding hydrogens is 270 g/mol. The molecule has 0 aliphatic heterocycles. The summed E-state index contributed by atoms with van der Waals surface area (Å²) in [4.78, 5) is 19.9. The quantitative estimate of drug-likeness (QED) is 0.797. The molecule has 0 atom stereocenters. The molecule has 6 nitrogen and oxygen atoms in total. The van der Waals surface area contributed by atoms with E-state index in [1.165, 1.54) is 0 Å². The molecule has 6 heteroatoms. The fraction of sp³-hybridized carbons (Fsp3) is 0.267. The number of nitrogens with zero attached hydrogens (tertiary/aromatic N) is 3. The SMILES string of the molecule is CCc1cnc(Cn2c(C)nc3c(C(=O)O)cccc32)o1. The Labute approximate surface area is 121 Å². The van der Waals surface area contributed by atoms with Crippen LogP contribution in [0.4, 0.5) is 0 Å². The molecule has 0 fully saturated rings. The smallest absolute Gasteiger partial charge is 0.337 e. The van der Waals surface area contributed by atoms with E-state index in [2.05, 4.69) is 9.97 Å². The summed E-state index contributed by atoms with van der Waals surface area (Å²) in [5.74, 6) is 1.18. The van der Waals surface area contributed by atoms with Crippen molar-refractivity contribution in [2.45, 2.75) is 26.8 Å². The first kappa shape index (κ1) is 13.4. The molecule has 0 bridgehead atoms. The number of hydrogen-bond acceptors (Lipinski definition) is 4. The van der Waals surface area contributed by atoms with Gasteiger partial charge in [0, 0.05) is 6.42 Å². The number of aromatic nitrogens is 3. The van der Waals surface area contributed by atoms with Crippen LogP contribution in [0, 0.1) is 6.92 Å². The lowest BCUT2D eigenvalue weighted by Gasteiger charge is -2.04. The molecular formula is C15H15N3O3. The van der Waals surface area contributed by atoms with Crippen LogP contribution in [-0.4, -0.2) is 25.6 Å². The molecule has 108 valence electrons. The van der Waals surface area contributed by atoms with Gasteiger partial charge in [0.15, 0.2) is 0 Å². The van der Waals surface area contributed by atoms with E-state index in [-0.39, 0.29) is 5.56 Å². The van der Waals surface area contributed by atoms with Gasteiger partial charge in [0.25, 0.3) is 0 Å². The second-order valence-electron chi connectivity index (χ2n) is 4.80. The maximum Gasteiger partial charge on any atom is 0.337 e. The van der Waals surface area contributed by atoms with E-state index in [1.807, 2.05) is 24.5 Å². The fourth-order valence-electron chi connectivity index (χ4n) is 2.36. The van der Waals surface area contributed by atoms with Gasteiger partial charge < -0.3 is 14.1 Å². The zero-order chi connectivity index (χ0) is 15.0. The van der Waals surface area contributed by atoms with Gasteiger partial charge in [0.1, 0.15) is 23.6 Å². The van der Waals surface area contributed by atoms with Crippen LogP contribution in [0.5, 0.6) is 0 Å². The number of benzene rings is 1. The van der Waals surface area contributed by atoms with Crippen LogP contribution in [-0.2, 0) is 13.0 Å². The minimum Gasteiger partial charge on any atom is -0.478 e. The second kappa shape index (κ2) is 5.05. The van der Waals surface area contributed by atoms with Crippen molar-refractivity contribution >= 4 is 17.0 Å². The van der Waals surface area contributed by atoms with Crippen LogP contribution >= 0.6 is 0 Å². The van der Waals surface area contributed by atoms with Gasteiger partial charge in [-0.1, -0.05) is 13.0 Å². The minimum absolute atomic E-state index is 0.205. The summed E-state index contributed by atoms with van der Waals surface area (Å²) < 4.78 is 7.52. The maximum absolute atomic E-state index is 11.3. The predicted octanol–water partition coefficient (Wildman–Crippen LogP) is 2.64. The molecule has 0 aliphatic rings. The zero-order valence-corrected chi connectivity index (χ0v) is 11.8. The number of carbonyl (C=O) groups is 1. The lowest BCUT2D eigenvalue weighted by molar-refractivity contribution is 0.0699. The Morgan fingerprint density at radius 1 is 1.43 bits per heavy atom. The molecule has 0 saturated heterocycles. The van der Waals surface area contributed by atoms with Gasteiger partial charge in [0.05, 0.1) is 17.3 Å². The number of aryl methyl sites for hydroxylation is 2. The Hall–Kier alpha value is -2.63. The van der Waals surface area contributed by atoms with Crippen molar-refractivity contribution in [3.8, 4) is 0 Å². The van der Waals surface area contributed by atoms with Gasteiger partial charge in [-0.3, -0.25) is 0 Å². The van der Waals surface area contributed by atoms with Gasteiger partial charge >= 0.3 is 5.97 Å². The highest BCUT2D eigenvalue weighted by Crippen LogP contribution is 2.21. The molecule has 1 N–H and O–H groups in total. The summed E-state index contributed by atoms with van der Waals surface area (Å²) in [6.45, 7) is 4.28. The van der Waals surface area contributed by atoms with E-state index in [4.69, 9.17) is 4.42 Å². The van der Waals surface area contributed by atoms with Crippen molar-refractivity contribution in [2.75, 3.05) is 0 Å². The van der Waals surface area contributed by atoms with Crippen molar-refractivity contribution in [2.24, 2.45) is 0 Å². The highest BCUT2D eigenvalue weighted by molar-refractivity contribution is 6.01. The molecule has 1 aromatic carbocycles. The summed E-state index contributed by atoms with van der Waals surface area (Å²) in [5, 5.41) is 9.23. The molecule has 0 saturated carbocycles. The number of aromatic carboxylic acids is 1. The topological polar surface area (TPSA) is 81.2 Å². The summed E-state index contributed by atoms with van der Waals surface area (Å²) in [7, 11) is 0. The molecule has 21 heavy (non-hydrogen) atoms. The number of imidazole rings is 1. The van der Waals surface area contributed by atoms with Crippen molar-refractivity contribution in [1.29, 1.82) is 0 Å². The van der Waals surface area contributed by atoms with Crippen molar-refractivity contribution in [3.63, 3.8) is 0 Å².